The van der Waals surface area contributed by atoms with Gasteiger partial charge in [-0.25, -0.2) is 4.99 Å². The van der Waals surface area contributed by atoms with E-state index in [9.17, 15) is 4.79 Å². The molecule has 1 heterocycles. The molecule has 0 aliphatic carbocycles. The summed E-state index contributed by atoms with van der Waals surface area (Å²) in [5.74, 6) is 0.703. The van der Waals surface area contributed by atoms with E-state index in [0.717, 1.165) is 23.4 Å². The summed E-state index contributed by atoms with van der Waals surface area (Å²) < 4.78 is 5.43. The summed E-state index contributed by atoms with van der Waals surface area (Å²) in [4.78, 5) is 17.3. The van der Waals surface area contributed by atoms with Crippen molar-refractivity contribution in [1.29, 1.82) is 0 Å². The zero-order valence-electron chi connectivity index (χ0n) is 14.3. The molecular formula is C20H20N2O2S. The second-order valence-corrected chi connectivity index (χ2v) is 6.53. The number of carbonyl (C=O) groups is 1. The highest BCUT2D eigenvalue weighted by molar-refractivity contribution is 8.18. The first-order valence-corrected chi connectivity index (χ1v) is 9.11. The molecule has 1 N–H and O–H groups in total. The molecule has 0 aromatic heterocycles. The van der Waals surface area contributed by atoms with Crippen molar-refractivity contribution >= 4 is 34.6 Å². The van der Waals surface area contributed by atoms with E-state index in [-0.39, 0.29) is 5.91 Å². The Morgan fingerprint density at radius 1 is 1.08 bits per heavy atom. The van der Waals surface area contributed by atoms with Crippen LogP contribution in [-0.2, 0) is 11.2 Å². The van der Waals surface area contributed by atoms with Crippen LogP contribution in [0.5, 0.6) is 5.75 Å². The lowest BCUT2D eigenvalue weighted by molar-refractivity contribution is -0.115. The van der Waals surface area contributed by atoms with Crippen LogP contribution in [0.1, 0.15) is 25.0 Å². The minimum atomic E-state index is -0.122. The number of nitrogens with one attached hydrogen (secondary N) is 1. The van der Waals surface area contributed by atoms with Gasteiger partial charge in [0.05, 0.1) is 17.2 Å². The second kappa shape index (κ2) is 8.03. The van der Waals surface area contributed by atoms with E-state index in [1.807, 2.05) is 49.4 Å². The Bertz CT molecular complexity index is 809. The lowest BCUT2D eigenvalue weighted by Crippen LogP contribution is -2.19. The molecule has 0 spiro atoms. The number of rotatable bonds is 5. The van der Waals surface area contributed by atoms with Crippen LogP contribution in [0.25, 0.3) is 6.08 Å². The number of nitrogens with zero attached hydrogens (tertiary/aromatic N) is 1. The number of amidine groups is 1. The van der Waals surface area contributed by atoms with Crippen molar-refractivity contribution < 1.29 is 9.53 Å². The predicted octanol–water partition coefficient (Wildman–Crippen LogP) is 4.54. The average Bonchev–Trinajstić information content (AvgIpc) is 2.96. The van der Waals surface area contributed by atoms with Crippen molar-refractivity contribution in [3.05, 3.63) is 64.6 Å². The molecule has 1 fully saturated rings. The third kappa shape index (κ3) is 4.51. The monoisotopic (exact) mass is 352 g/mol. The summed E-state index contributed by atoms with van der Waals surface area (Å²) in [5, 5.41) is 3.42. The van der Waals surface area contributed by atoms with Gasteiger partial charge in [-0.15, -0.1) is 0 Å². The molecule has 1 saturated heterocycles. The highest BCUT2D eigenvalue weighted by Gasteiger charge is 2.23. The Balaban J connectivity index is 1.73. The molecule has 1 aliphatic rings. The molecule has 1 aliphatic heterocycles. The third-order valence-electron chi connectivity index (χ3n) is 3.71. The van der Waals surface area contributed by atoms with Crippen LogP contribution in [0.3, 0.4) is 0 Å². The number of benzene rings is 2. The number of amides is 1. The van der Waals surface area contributed by atoms with Gasteiger partial charge in [0.25, 0.3) is 5.91 Å². The van der Waals surface area contributed by atoms with Gasteiger partial charge >= 0.3 is 0 Å². The van der Waals surface area contributed by atoms with Gasteiger partial charge in [-0.3, -0.25) is 4.79 Å². The molecule has 4 nitrogen and oxygen atoms in total. The standard InChI is InChI=1S/C20H20N2O2S/c1-3-14-5-9-16(10-6-14)21-20-22-19(23)18(25-20)13-15-7-11-17(12-8-15)24-4-2/h5-13H,3-4H2,1-2H3,(H,21,22,23)/b18-13-. The van der Waals surface area contributed by atoms with Crippen molar-refractivity contribution in [3.8, 4) is 5.75 Å². The minimum Gasteiger partial charge on any atom is -0.494 e. The molecular weight excluding hydrogens is 332 g/mol. The predicted molar refractivity (Wildman–Crippen MR) is 104 cm³/mol. The highest BCUT2D eigenvalue weighted by Crippen LogP contribution is 2.28. The van der Waals surface area contributed by atoms with Gasteiger partial charge in [0, 0.05) is 0 Å². The number of ether oxygens (including phenoxy) is 1. The molecule has 0 saturated carbocycles. The smallest absolute Gasteiger partial charge is 0.264 e. The SMILES string of the molecule is CCOc1ccc(/C=C2\SC(=Nc3ccc(CC)cc3)NC2=O)cc1. The number of carbonyl (C=O) groups excluding carboxylic acids is 1. The number of aryl methyl sites for hydroxylation is 1. The molecule has 5 heteroatoms. The largest absolute Gasteiger partial charge is 0.494 e. The number of aliphatic imine (C=N–C) groups is 1. The Kier molecular flexibility index (Phi) is 5.56. The first kappa shape index (κ1) is 17.3. The highest BCUT2D eigenvalue weighted by atomic mass is 32.2. The normalized spacial score (nSPS) is 17.1. The topological polar surface area (TPSA) is 50.7 Å². The van der Waals surface area contributed by atoms with Gasteiger partial charge in [-0.1, -0.05) is 31.2 Å². The Hall–Kier alpha value is -2.53. The molecule has 0 atom stereocenters. The van der Waals surface area contributed by atoms with Gasteiger partial charge in [0.1, 0.15) is 5.75 Å². The van der Waals surface area contributed by atoms with Crippen molar-refractivity contribution in [3.63, 3.8) is 0 Å². The molecule has 25 heavy (non-hydrogen) atoms. The zero-order chi connectivity index (χ0) is 17.6. The van der Waals surface area contributed by atoms with Gasteiger partial charge < -0.3 is 10.1 Å². The van der Waals surface area contributed by atoms with Gasteiger partial charge in [-0.2, -0.15) is 0 Å². The lowest BCUT2D eigenvalue weighted by Gasteiger charge is -2.02. The maximum Gasteiger partial charge on any atom is 0.264 e. The number of hydrogen-bond acceptors (Lipinski definition) is 4. The second-order valence-electron chi connectivity index (χ2n) is 5.50. The fraction of sp³-hybridized carbons (Fsp3) is 0.200. The number of hydrogen-bond donors (Lipinski definition) is 1. The maximum absolute atomic E-state index is 12.1. The molecule has 2 aromatic carbocycles. The lowest BCUT2D eigenvalue weighted by atomic mass is 10.2. The van der Waals surface area contributed by atoms with Crippen molar-refractivity contribution in [2.24, 2.45) is 4.99 Å². The molecule has 0 unspecified atom stereocenters. The van der Waals surface area contributed by atoms with Crippen LogP contribution in [0.2, 0.25) is 0 Å². The fourth-order valence-electron chi connectivity index (χ4n) is 2.38. The van der Waals surface area contributed by atoms with Crippen molar-refractivity contribution in [2.75, 3.05) is 6.61 Å². The quantitative estimate of drug-likeness (QED) is 0.804. The number of thioether (sulfide) groups is 1. The molecule has 0 radical (unpaired) electrons. The van der Waals surface area contributed by atoms with Crippen LogP contribution in [-0.4, -0.2) is 17.7 Å². The fourth-order valence-corrected chi connectivity index (χ4v) is 3.22. The van der Waals surface area contributed by atoms with E-state index in [1.54, 1.807) is 0 Å². The van der Waals surface area contributed by atoms with Gasteiger partial charge in [-0.05, 0) is 66.6 Å². The van der Waals surface area contributed by atoms with Crippen LogP contribution in [0.4, 0.5) is 5.69 Å². The van der Waals surface area contributed by atoms with Crippen molar-refractivity contribution in [1.82, 2.24) is 5.32 Å². The maximum atomic E-state index is 12.1. The summed E-state index contributed by atoms with van der Waals surface area (Å²) >= 11 is 1.35. The van der Waals surface area contributed by atoms with Crippen molar-refractivity contribution in [2.45, 2.75) is 20.3 Å². The van der Waals surface area contributed by atoms with Crippen LogP contribution < -0.4 is 10.1 Å². The zero-order valence-corrected chi connectivity index (χ0v) is 15.1. The van der Waals surface area contributed by atoms with E-state index >= 15 is 0 Å². The van der Waals surface area contributed by atoms with E-state index < -0.39 is 0 Å². The summed E-state index contributed by atoms with van der Waals surface area (Å²) in [6.07, 6.45) is 2.86. The molecule has 1 amide bonds. The van der Waals surface area contributed by atoms with E-state index in [0.29, 0.717) is 16.7 Å². The first-order chi connectivity index (χ1) is 12.2. The Morgan fingerprint density at radius 2 is 1.80 bits per heavy atom. The molecule has 128 valence electrons. The van der Waals surface area contributed by atoms with Crippen LogP contribution in [0.15, 0.2) is 58.4 Å². The van der Waals surface area contributed by atoms with Gasteiger partial charge in [0.15, 0.2) is 5.17 Å². The minimum absolute atomic E-state index is 0.122. The van der Waals surface area contributed by atoms with E-state index in [4.69, 9.17) is 4.74 Å². The molecule has 2 aromatic rings. The Morgan fingerprint density at radius 3 is 2.44 bits per heavy atom. The summed E-state index contributed by atoms with van der Waals surface area (Å²) in [6.45, 7) is 4.70. The summed E-state index contributed by atoms with van der Waals surface area (Å²) in [7, 11) is 0. The first-order valence-electron chi connectivity index (χ1n) is 8.29. The van der Waals surface area contributed by atoms with E-state index in [1.165, 1.54) is 17.3 Å². The summed E-state index contributed by atoms with van der Waals surface area (Å²) in [5.41, 5.74) is 3.06. The van der Waals surface area contributed by atoms with E-state index in [2.05, 4.69) is 29.4 Å². The Labute approximate surface area is 152 Å². The van der Waals surface area contributed by atoms with Gasteiger partial charge in [0.2, 0.25) is 0 Å². The van der Waals surface area contributed by atoms with Crippen LogP contribution in [0, 0.1) is 0 Å². The third-order valence-corrected chi connectivity index (χ3v) is 4.62. The average molecular weight is 352 g/mol. The molecule has 0 bridgehead atoms. The molecule has 3 rings (SSSR count). The summed E-state index contributed by atoms with van der Waals surface area (Å²) in [6, 6.07) is 15.7. The van der Waals surface area contributed by atoms with Crippen LogP contribution >= 0.6 is 11.8 Å².